The van der Waals surface area contributed by atoms with E-state index in [1.54, 1.807) is 0 Å². The quantitative estimate of drug-likeness (QED) is 0.499. The van der Waals surface area contributed by atoms with Gasteiger partial charge in [0.2, 0.25) is 0 Å². The first-order valence-corrected chi connectivity index (χ1v) is 13.5. The lowest BCUT2D eigenvalue weighted by atomic mass is 9.66. The summed E-state index contributed by atoms with van der Waals surface area (Å²) in [6.07, 6.45) is 5.78. The van der Waals surface area contributed by atoms with E-state index < -0.39 is 30.4 Å². The molecule has 1 fully saturated rings. The molecule has 37 heavy (non-hydrogen) atoms. The number of benzene rings is 1. The van der Waals surface area contributed by atoms with Crippen molar-refractivity contribution in [2.24, 2.45) is 17.8 Å². The first-order valence-electron chi connectivity index (χ1n) is 13.5. The first kappa shape index (κ1) is 27.4. The van der Waals surface area contributed by atoms with Crippen LogP contribution in [0.3, 0.4) is 0 Å². The number of aliphatic hydroxyl groups excluding tert-OH is 2. The Kier molecular flexibility index (Phi) is 8.75. The standard InChI is InChI=1S/C30H40O7/c1-5-25(36-26-11-6-17(2)12-19(26)4)30(34)37-27-15-21(31)13-20-8-7-18(3)24(29(20)27)10-9-23-14-22(32)16-28(33)35-23/h6-8,11-13,18,21-25,27,29,31-32H,5,9-10,14-16H2,1-4H3/t18?,21?,22-,23-,24?,25+,27?,29?/m1/s1. The lowest BCUT2D eigenvalue weighted by Gasteiger charge is -2.43. The van der Waals surface area contributed by atoms with Gasteiger partial charge < -0.3 is 24.4 Å². The lowest BCUT2D eigenvalue weighted by Crippen LogP contribution is -2.44. The van der Waals surface area contributed by atoms with Crippen molar-refractivity contribution in [2.45, 2.75) is 96.7 Å². The van der Waals surface area contributed by atoms with Crippen molar-refractivity contribution in [3.63, 3.8) is 0 Å². The van der Waals surface area contributed by atoms with Gasteiger partial charge in [0, 0.05) is 18.8 Å². The Morgan fingerprint density at radius 2 is 1.97 bits per heavy atom. The molecule has 1 heterocycles. The van der Waals surface area contributed by atoms with E-state index in [4.69, 9.17) is 14.2 Å². The molecule has 0 bridgehead atoms. The van der Waals surface area contributed by atoms with Crippen LogP contribution < -0.4 is 4.74 Å². The molecule has 0 spiro atoms. The zero-order valence-corrected chi connectivity index (χ0v) is 22.3. The van der Waals surface area contributed by atoms with E-state index in [2.05, 4.69) is 13.0 Å². The topological polar surface area (TPSA) is 102 Å². The van der Waals surface area contributed by atoms with Crippen LogP contribution in [-0.4, -0.2) is 52.7 Å². The highest BCUT2D eigenvalue weighted by molar-refractivity contribution is 5.75. The van der Waals surface area contributed by atoms with E-state index in [0.29, 0.717) is 31.4 Å². The summed E-state index contributed by atoms with van der Waals surface area (Å²) in [6.45, 7) is 8.00. The minimum Gasteiger partial charge on any atom is -0.478 e. The highest BCUT2D eigenvalue weighted by atomic mass is 16.6. The number of esters is 2. The van der Waals surface area contributed by atoms with Crippen molar-refractivity contribution in [1.82, 2.24) is 0 Å². The third kappa shape index (κ3) is 6.63. The van der Waals surface area contributed by atoms with Crippen molar-refractivity contribution in [1.29, 1.82) is 0 Å². The molecule has 3 aliphatic rings. The van der Waals surface area contributed by atoms with Crippen molar-refractivity contribution in [3.8, 4) is 5.75 Å². The van der Waals surface area contributed by atoms with E-state index in [1.807, 2.05) is 51.1 Å². The monoisotopic (exact) mass is 512 g/mol. The molecule has 7 heteroatoms. The molecular weight excluding hydrogens is 472 g/mol. The van der Waals surface area contributed by atoms with Crippen LogP contribution in [0.2, 0.25) is 0 Å². The molecule has 2 N–H and O–H groups in total. The smallest absolute Gasteiger partial charge is 0.347 e. The second-order valence-corrected chi connectivity index (χ2v) is 10.9. The van der Waals surface area contributed by atoms with Crippen molar-refractivity contribution < 1.29 is 34.0 Å². The number of carbonyl (C=O) groups is 2. The number of ether oxygens (including phenoxy) is 3. The average molecular weight is 513 g/mol. The van der Waals surface area contributed by atoms with E-state index in [0.717, 1.165) is 23.1 Å². The molecule has 1 aliphatic heterocycles. The van der Waals surface area contributed by atoms with Gasteiger partial charge in [-0.1, -0.05) is 49.8 Å². The summed E-state index contributed by atoms with van der Waals surface area (Å²) in [5, 5.41) is 20.5. The van der Waals surface area contributed by atoms with E-state index in [-0.39, 0.29) is 36.2 Å². The summed E-state index contributed by atoms with van der Waals surface area (Å²) in [6, 6.07) is 5.85. The van der Waals surface area contributed by atoms with Crippen LogP contribution in [0, 0.1) is 31.6 Å². The Balaban J connectivity index is 1.48. The van der Waals surface area contributed by atoms with Gasteiger partial charge in [0.25, 0.3) is 0 Å². The van der Waals surface area contributed by atoms with E-state index >= 15 is 0 Å². The maximum atomic E-state index is 13.3. The molecule has 1 aromatic carbocycles. The van der Waals surface area contributed by atoms with Gasteiger partial charge in [0.1, 0.15) is 18.0 Å². The fourth-order valence-corrected chi connectivity index (χ4v) is 6.01. The third-order valence-corrected chi connectivity index (χ3v) is 7.93. The Bertz CT molecular complexity index is 1040. The summed E-state index contributed by atoms with van der Waals surface area (Å²) >= 11 is 0. The fourth-order valence-electron chi connectivity index (χ4n) is 6.01. The maximum absolute atomic E-state index is 13.3. The Hall–Kier alpha value is -2.64. The van der Waals surface area contributed by atoms with Crippen LogP contribution in [0.15, 0.2) is 42.0 Å². The van der Waals surface area contributed by atoms with Gasteiger partial charge in [-0.05, 0) is 62.1 Å². The van der Waals surface area contributed by atoms with E-state index in [1.165, 1.54) is 0 Å². The molecule has 0 aromatic heterocycles. The molecule has 202 valence electrons. The Labute approximate surface area is 219 Å². The number of aliphatic hydroxyl groups is 2. The predicted octanol–water partition coefficient (Wildman–Crippen LogP) is 4.35. The zero-order chi connectivity index (χ0) is 26.7. The molecule has 2 aliphatic carbocycles. The summed E-state index contributed by atoms with van der Waals surface area (Å²) < 4.78 is 17.6. The van der Waals surface area contributed by atoms with Crippen molar-refractivity contribution >= 4 is 11.9 Å². The van der Waals surface area contributed by atoms with Gasteiger partial charge in [0.05, 0.1) is 18.6 Å². The van der Waals surface area contributed by atoms with Gasteiger partial charge >= 0.3 is 11.9 Å². The largest absolute Gasteiger partial charge is 0.478 e. The molecule has 0 amide bonds. The molecule has 1 saturated heterocycles. The van der Waals surface area contributed by atoms with Gasteiger partial charge in [0.15, 0.2) is 6.10 Å². The van der Waals surface area contributed by atoms with Crippen LogP contribution >= 0.6 is 0 Å². The highest BCUT2D eigenvalue weighted by Gasteiger charge is 2.43. The highest BCUT2D eigenvalue weighted by Crippen LogP contribution is 2.44. The summed E-state index contributed by atoms with van der Waals surface area (Å²) in [7, 11) is 0. The number of rotatable bonds is 8. The lowest BCUT2D eigenvalue weighted by molar-refractivity contribution is -0.165. The molecule has 0 radical (unpaired) electrons. The number of allylic oxidation sites excluding steroid dienone is 2. The zero-order valence-electron chi connectivity index (χ0n) is 22.3. The normalized spacial score (nSPS) is 32.1. The Morgan fingerprint density at radius 1 is 1.19 bits per heavy atom. The first-order chi connectivity index (χ1) is 17.6. The van der Waals surface area contributed by atoms with Crippen molar-refractivity contribution in [3.05, 3.63) is 53.1 Å². The number of cyclic esters (lactones) is 1. The Morgan fingerprint density at radius 3 is 2.68 bits per heavy atom. The maximum Gasteiger partial charge on any atom is 0.347 e. The number of aryl methyl sites for hydroxylation is 2. The van der Waals surface area contributed by atoms with Gasteiger partial charge in [-0.3, -0.25) is 4.79 Å². The molecule has 8 atom stereocenters. The van der Waals surface area contributed by atoms with Crippen LogP contribution in [0.1, 0.15) is 63.5 Å². The molecule has 5 unspecified atom stereocenters. The second-order valence-electron chi connectivity index (χ2n) is 10.9. The summed E-state index contributed by atoms with van der Waals surface area (Å²) in [4.78, 5) is 25.1. The minimum atomic E-state index is -0.744. The molecule has 0 saturated carbocycles. The second kappa shape index (κ2) is 11.8. The van der Waals surface area contributed by atoms with Crippen LogP contribution in [0.4, 0.5) is 0 Å². The van der Waals surface area contributed by atoms with Crippen LogP contribution in [0.25, 0.3) is 0 Å². The average Bonchev–Trinajstić information content (AvgIpc) is 2.82. The van der Waals surface area contributed by atoms with Crippen LogP contribution in [0.5, 0.6) is 5.75 Å². The van der Waals surface area contributed by atoms with Gasteiger partial charge in [-0.15, -0.1) is 0 Å². The third-order valence-electron chi connectivity index (χ3n) is 7.93. The number of fused-ring (bicyclic) bond motifs is 1. The number of carbonyl (C=O) groups excluding carboxylic acids is 2. The number of hydrogen-bond acceptors (Lipinski definition) is 7. The van der Waals surface area contributed by atoms with Gasteiger partial charge in [-0.2, -0.15) is 0 Å². The molecule has 1 aromatic rings. The minimum absolute atomic E-state index is 0.0489. The molecular formula is C30H40O7. The number of hydrogen-bond donors (Lipinski definition) is 2. The SMILES string of the molecule is CC[C@H](Oc1ccc(C)cc1C)C(=O)OC1CC(O)C=C2C=CC(C)C(CC[C@@H]3C[C@@H](O)CC(=O)O3)C21. The predicted molar refractivity (Wildman–Crippen MR) is 139 cm³/mol. The van der Waals surface area contributed by atoms with Gasteiger partial charge in [-0.25, -0.2) is 4.79 Å². The van der Waals surface area contributed by atoms with Crippen molar-refractivity contribution in [2.75, 3.05) is 0 Å². The van der Waals surface area contributed by atoms with E-state index in [9.17, 15) is 19.8 Å². The molecule has 7 nitrogen and oxygen atoms in total. The fraction of sp³-hybridized carbons (Fsp3) is 0.600. The summed E-state index contributed by atoms with van der Waals surface area (Å²) in [5.74, 6) is 0.162. The van der Waals surface area contributed by atoms with Crippen LogP contribution in [-0.2, 0) is 19.1 Å². The summed E-state index contributed by atoms with van der Waals surface area (Å²) in [5.41, 5.74) is 3.06. The molecule has 4 rings (SSSR count).